The molecular formula is C12H20ClN3O. The first kappa shape index (κ1) is 14.0. The predicted octanol–water partition coefficient (Wildman–Crippen LogP) is 2.94. The van der Waals surface area contributed by atoms with E-state index in [1.165, 1.54) is 6.33 Å². The van der Waals surface area contributed by atoms with Crippen LogP contribution in [0.2, 0.25) is 0 Å². The fourth-order valence-corrected chi connectivity index (χ4v) is 1.83. The summed E-state index contributed by atoms with van der Waals surface area (Å²) in [5.74, 6) is 2.69. The summed E-state index contributed by atoms with van der Waals surface area (Å²) in [5.41, 5.74) is 0. The highest BCUT2D eigenvalue weighted by atomic mass is 35.5. The summed E-state index contributed by atoms with van der Waals surface area (Å²) in [6, 6.07) is 1.82. The van der Waals surface area contributed by atoms with Crippen LogP contribution in [0.15, 0.2) is 12.4 Å². The molecule has 1 aromatic rings. The van der Waals surface area contributed by atoms with Gasteiger partial charge in [-0.2, -0.15) is 0 Å². The zero-order valence-corrected chi connectivity index (χ0v) is 11.2. The lowest BCUT2D eigenvalue weighted by Gasteiger charge is -2.14. The molecule has 0 fully saturated rings. The molecule has 1 atom stereocenters. The molecule has 1 rings (SSSR count). The maximum atomic E-state index is 5.75. The number of hydrogen-bond donors (Lipinski definition) is 1. The number of hydrogen-bond acceptors (Lipinski definition) is 4. The molecule has 0 saturated heterocycles. The zero-order chi connectivity index (χ0) is 12.5. The quantitative estimate of drug-likeness (QED) is 0.728. The lowest BCUT2D eigenvalue weighted by Crippen LogP contribution is -2.15. The molecule has 0 aromatic carbocycles. The molecule has 96 valence electrons. The van der Waals surface area contributed by atoms with E-state index in [-0.39, 0.29) is 0 Å². The van der Waals surface area contributed by atoms with Crippen LogP contribution >= 0.6 is 11.6 Å². The van der Waals surface area contributed by atoms with Gasteiger partial charge in [0, 0.05) is 18.5 Å². The zero-order valence-electron chi connectivity index (χ0n) is 10.4. The summed E-state index contributed by atoms with van der Waals surface area (Å²) in [4.78, 5) is 8.17. The summed E-state index contributed by atoms with van der Waals surface area (Å²) in [6.45, 7) is 5.60. The maximum Gasteiger partial charge on any atom is 0.218 e. The third kappa shape index (κ3) is 5.22. The van der Waals surface area contributed by atoms with Crippen molar-refractivity contribution >= 4 is 17.4 Å². The molecule has 0 amide bonds. The minimum Gasteiger partial charge on any atom is -0.478 e. The monoisotopic (exact) mass is 257 g/mol. The molecule has 0 radical (unpaired) electrons. The smallest absolute Gasteiger partial charge is 0.218 e. The van der Waals surface area contributed by atoms with Crippen LogP contribution in [0.25, 0.3) is 0 Å². The summed E-state index contributed by atoms with van der Waals surface area (Å²) in [6.07, 6.45) is 3.65. The van der Waals surface area contributed by atoms with Gasteiger partial charge in [0.15, 0.2) is 0 Å². The Balaban J connectivity index is 2.47. The Hall–Kier alpha value is -1.03. The molecule has 17 heavy (non-hydrogen) atoms. The lowest BCUT2D eigenvalue weighted by molar-refractivity contribution is 0.326. The fourth-order valence-electron chi connectivity index (χ4n) is 1.52. The molecule has 1 heterocycles. The molecular weight excluding hydrogens is 238 g/mol. The van der Waals surface area contributed by atoms with E-state index < -0.39 is 0 Å². The van der Waals surface area contributed by atoms with Gasteiger partial charge in [-0.3, -0.25) is 0 Å². The van der Waals surface area contributed by atoms with E-state index in [4.69, 9.17) is 16.3 Å². The molecule has 1 aromatic heterocycles. The van der Waals surface area contributed by atoms with Crippen LogP contribution in [0.3, 0.4) is 0 Å². The summed E-state index contributed by atoms with van der Waals surface area (Å²) in [7, 11) is 0. The molecule has 0 aliphatic carbocycles. The van der Waals surface area contributed by atoms with Gasteiger partial charge in [0.05, 0.1) is 6.61 Å². The number of rotatable bonds is 8. The van der Waals surface area contributed by atoms with Crippen molar-refractivity contribution in [1.82, 2.24) is 9.97 Å². The Bertz CT molecular complexity index is 322. The highest BCUT2D eigenvalue weighted by Crippen LogP contribution is 2.14. The van der Waals surface area contributed by atoms with Crippen LogP contribution in [0.5, 0.6) is 5.88 Å². The minimum atomic E-state index is 0.581. The van der Waals surface area contributed by atoms with Crippen molar-refractivity contribution in [2.75, 3.05) is 24.3 Å². The van der Waals surface area contributed by atoms with Crippen LogP contribution in [0, 0.1) is 5.92 Å². The van der Waals surface area contributed by atoms with E-state index in [0.717, 1.165) is 25.2 Å². The second-order valence-corrected chi connectivity index (χ2v) is 4.19. The summed E-state index contributed by atoms with van der Waals surface area (Å²) >= 11 is 5.75. The van der Waals surface area contributed by atoms with Crippen molar-refractivity contribution in [3.05, 3.63) is 12.4 Å². The van der Waals surface area contributed by atoms with E-state index in [9.17, 15) is 0 Å². The van der Waals surface area contributed by atoms with Crippen molar-refractivity contribution in [2.45, 2.75) is 26.7 Å². The third-order valence-electron chi connectivity index (χ3n) is 2.60. The van der Waals surface area contributed by atoms with Crippen molar-refractivity contribution in [3.8, 4) is 5.88 Å². The second-order valence-electron chi connectivity index (χ2n) is 3.81. The number of halogens is 1. The van der Waals surface area contributed by atoms with Gasteiger partial charge in [-0.15, -0.1) is 11.6 Å². The maximum absolute atomic E-state index is 5.75. The van der Waals surface area contributed by atoms with Crippen molar-refractivity contribution in [2.24, 2.45) is 5.92 Å². The molecule has 0 aliphatic heterocycles. The Labute approximate surface area is 108 Å². The van der Waals surface area contributed by atoms with E-state index in [0.29, 0.717) is 24.3 Å². The molecule has 5 heteroatoms. The number of ether oxygens (including phenoxy) is 1. The van der Waals surface area contributed by atoms with Gasteiger partial charge in [-0.05, 0) is 19.3 Å². The molecule has 0 saturated carbocycles. The molecule has 4 nitrogen and oxygen atoms in total. The van der Waals surface area contributed by atoms with Crippen LogP contribution in [-0.4, -0.2) is 29.0 Å². The summed E-state index contributed by atoms with van der Waals surface area (Å²) in [5, 5.41) is 3.29. The first-order valence-electron chi connectivity index (χ1n) is 6.04. The molecule has 0 bridgehead atoms. The predicted molar refractivity (Wildman–Crippen MR) is 70.8 cm³/mol. The molecule has 0 spiro atoms. The fraction of sp³-hybridized carbons (Fsp3) is 0.667. The van der Waals surface area contributed by atoms with Gasteiger partial charge in [0.1, 0.15) is 12.1 Å². The van der Waals surface area contributed by atoms with Gasteiger partial charge < -0.3 is 10.1 Å². The average molecular weight is 258 g/mol. The van der Waals surface area contributed by atoms with Gasteiger partial charge in [-0.1, -0.05) is 13.3 Å². The largest absolute Gasteiger partial charge is 0.478 e. The normalized spacial score (nSPS) is 12.2. The number of aromatic nitrogens is 2. The van der Waals surface area contributed by atoms with Crippen molar-refractivity contribution in [3.63, 3.8) is 0 Å². The minimum absolute atomic E-state index is 0.581. The highest BCUT2D eigenvalue weighted by Gasteiger charge is 2.06. The van der Waals surface area contributed by atoms with E-state index in [1.54, 1.807) is 0 Å². The molecule has 1 N–H and O–H groups in total. The van der Waals surface area contributed by atoms with Gasteiger partial charge in [0.2, 0.25) is 5.88 Å². The standard InChI is InChI=1S/C12H20ClN3O/c1-3-10(5-6-13)8-14-11-7-12(17-4-2)16-9-15-11/h7,9-10H,3-6,8H2,1-2H3,(H,14,15,16). The number of alkyl halides is 1. The summed E-state index contributed by atoms with van der Waals surface area (Å²) < 4.78 is 5.31. The SMILES string of the molecule is CCOc1cc(NCC(CC)CCCl)ncn1. The average Bonchev–Trinajstić information content (AvgIpc) is 2.35. The Morgan fingerprint density at radius 2 is 2.24 bits per heavy atom. The van der Waals surface area contributed by atoms with Gasteiger partial charge in [0.25, 0.3) is 0 Å². The first-order valence-corrected chi connectivity index (χ1v) is 6.58. The topological polar surface area (TPSA) is 47.0 Å². The Morgan fingerprint density at radius 3 is 2.88 bits per heavy atom. The second kappa shape index (κ2) is 8.12. The first-order chi connectivity index (χ1) is 8.30. The van der Waals surface area contributed by atoms with E-state index in [2.05, 4.69) is 22.2 Å². The van der Waals surface area contributed by atoms with Crippen LogP contribution in [0.4, 0.5) is 5.82 Å². The molecule has 1 unspecified atom stereocenters. The van der Waals surface area contributed by atoms with Crippen molar-refractivity contribution in [1.29, 1.82) is 0 Å². The molecule has 0 aliphatic rings. The van der Waals surface area contributed by atoms with Crippen LogP contribution in [-0.2, 0) is 0 Å². The highest BCUT2D eigenvalue weighted by molar-refractivity contribution is 6.17. The van der Waals surface area contributed by atoms with E-state index >= 15 is 0 Å². The lowest BCUT2D eigenvalue weighted by atomic mass is 10.0. The Morgan fingerprint density at radius 1 is 1.41 bits per heavy atom. The Kier molecular flexibility index (Phi) is 6.70. The van der Waals surface area contributed by atoms with Crippen LogP contribution < -0.4 is 10.1 Å². The van der Waals surface area contributed by atoms with Crippen molar-refractivity contribution < 1.29 is 4.74 Å². The number of nitrogens with zero attached hydrogens (tertiary/aromatic N) is 2. The number of nitrogens with one attached hydrogen (secondary N) is 1. The van der Waals surface area contributed by atoms with Crippen LogP contribution in [0.1, 0.15) is 26.7 Å². The van der Waals surface area contributed by atoms with Gasteiger partial charge >= 0.3 is 0 Å². The third-order valence-corrected chi connectivity index (χ3v) is 2.82. The number of anilines is 1. The van der Waals surface area contributed by atoms with Gasteiger partial charge in [-0.25, -0.2) is 9.97 Å². The van der Waals surface area contributed by atoms with E-state index in [1.807, 2.05) is 13.0 Å².